The summed E-state index contributed by atoms with van der Waals surface area (Å²) in [5.74, 6) is 0.619. The number of thiophene rings is 1. The van der Waals surface area contributed by atoms with Crippen LogP contribution >= 0.6 is 11.3 Å². The number of nitrogens with one attached hydrogen (secondary N) is 1. The molecule has 2 aromatic rings. The van der Waals surface area contributed by atoms with Gasteiger partial charge >= 0.3 is 0 Å². The quantitative estimate of drug-likeness (QED) is 0.811. The Balaban J connectivity index is 1.57. The smallest absolute Gasteiger partial charge is 0.225 e. The van der Waals surface area contributed by atoms with Crippen molar-refractivity contribution >= 4 is 27.5 Å². The van der Waals surface area contributed by atoms with Gasteiger partial charge in [0.15, 0.2) is 0 Å². The number of aryl methyl sites for hydroxylation is 1. The van der Waals surface area contributed by atoms with Crippen LogP contribution in [0.15, 0.2) is 6.33 Å². The van der Waals surface area contributed by atoms with Crippen LogP contribution in [0.5, 0.6) is 5.88 Å². The maximum atomic E-state index is 11.5. The molecule has 2 aromatic heterocycles. The molecular weight excluding hydrogens is 348 g/mol. The normalized spacial score (nSPS) is 25.3. The molecule has 1 amide bonds. The van der Waals surface area contributed by atoms with E-state index in [9.17, 15) is 4.79 Å². The fraction of sp³-hybridized carbons (Fsp3) is 0.632. The molecule has 0 spiro atoms. The molecule has 0 bridgehead atoms. The molecule has 1 atom stereocenters. The molecule has 1 saturated carbocycles. The molecule has 2 aliphatic carbocycles. The molecule has 1 unspecified atom stereocenters. The van der Waals surface area contributed by atoms with Gasteiger partial charge in [0.1, 0.15) is 17.3 Å². The van der Waals surface area contributed by atoms with Crippen LogP contribution in [0.1, 0.15) is 61.8 Å². The van der Waals surface area contributed by atoms with Crippen molar-refractivity contribution < 1.29 is 9.53 Å². The van der Waals surface area contributed by atoms with Crippen molar-refractivity contribution in [1.29, 1.82) is 0 Å². The topological polar surface area (TPSA) is 90.1 Å². The number of ether oxygens (including phenoxy) is 1. The second-order valence-electron chi connectivity index (χ2n) is 7.35. The zero-order chi connectivity index (χ0) is 18.1. The first-order valence-corrected chi connectivity index (χ1v) is 10.4. The number of carbonyl (C=O) groups is 1. The van der Waals surface area contributed by atoms with E-state index in [4.69, 9.17) is 10.5 Å². The predicted octanol–water partition coefficient (Wildman–Crippen LogP) is 2.90. The van der Waals surface area contributed by atoms with Gasteiger partial charge in [-0.1, -0.05) is 6.92 Å². The lowest BCUT2D eigenvalue weighted by atomic mass is 9.93. The number of carbonyl (C=O) groups excluding carboxylic acids is 1. The van der Waals surface area contributed by atoms with Gasteiger partial charge in [0.05, 0.1) is 5.39 Å². The van der Waals surface area contributed by atoms with Crippen LogP contribution in [0.25, 0.3) is 10.2 Å². The summed E-state index contributed by atoms with van der Waals surface area (Å²) in [4.78, 5) is 22.7. The first kappa shape index (κ1) is 17.7. The molecule has 6 nitrogen and oxygen atoms in total. The van der Waals surface area contributed by atoms with Crippen LogP contribution in [0, 0.1) is 0 Å². The third kappa shape index (κ3) is 3.42. The Morgan fingerprint density at radius 3 is 2.85 bits per heavy atom. The van der Waals surface area contributed by atoms with E-state index in [1.807, 2.05) is 0 Å². The average molecular weight is 375 g/mol. The molecular formula is C19H26N4O2S. The van der Waals surface area contributed by atoms with Crippen LogP contribution in [0.2, 0.25) is 0 Å². The fourth-order valence-corrected chi connectivity index (χ4v) is 5.64. The van der Waals surface area contributed by atoms with Gasteiger partial charge in [-0.05, 0) is 56.6 Å². The van der Waals surface area contributed by atoms with Crippen LogP contribution in [-0.4, -0.2) is 34.6 Å². The highest BCUT2D eigenvalue weighted by Gasteiger charge is 2.32. The second kappa shape index (κ2) is 7.48. The van der Waals surface area contributed by atoms with E-state index >= 15 is 0 Å². The van der Waals surface area contributed by atoms with Crippen molar-refractivity contribution in [3.63, 3.8) is 0 Å². The highest BCUT2D eigenvalue weighted by Crippen LogP contribution is 2.47. The summed E-state index contributed by atoms with van der Waals surface area (Å²) >= 11 is 1.71. The predicted molar refractivity (Wildman–Crippen MR) is 103 cm³/mol. The molecule has 140 valence electrons. The van der Waals surface area contributed by atoms with Gasteiger partial charge in [-0.3, -0.25) is 4.79 Å². The number of primary amides is 1. The Labute approximate surface area is 157 Å². The summed E-state index contributed by atoms with van der Waals surface area (Å²) in [6, 6.07) is 0.607. The number of amides is 1. The van der Waals surface area contributed by atoms with E-state index in [1.165, 1.54) is 10.4 Å². The molecule has 2 aliphatic rings. The summed E-state index contributed by atoms with van der Waals surface area (Å²) in [6.45, 7) is 3.17. The van der Waals surface area contributed by atoms with Crippen LogP contribution in [-0.2, 0) is 11.2 Å². The Bertz CT molecular complexity index is 798. The summed E-state index contributed by atoms with van der Waals surface area (Å²) < 4.78 is 6.34. The Kier molecular flexibility index (Phi) is 5.09. The molecule has 2 heterocycles. The monoisotopic (exact) mass is 374 g/mol. The number of fused-ring (bicyclic) bond motifs is 3. The highest BCUT2D eigenvalue weighted by atomic mass is 32.1. The van der Waals surface area contributed by atoms with Crippen molar-refractivity contribution in [2.75, 3.05) is 6.54 Å². The lowest BCUT2D eigenvalue weighted by Crippen LogP contribution is -2.36. The van der Waals surface area contributed by atoms with E-state index in [0.717, 1.165) is 55.3 Å². The lowest BCUT2D eigenvalue weighted by Gasteiger charge is -2.29. The number of hydrogen-bond donors (Lipinski definition) is 2. The summed E-state index contributed by atoms with van der Waals surface area (Å²) in [6.07, 6.45) is 8.51. The Hall–Kier alpha value is -1.73. The molecule has 3 N–H and O–H groups in total. The van der Waals surface area contributed by atoms with Crippen molar-refractivity contribution in [2.45, 2.75) is 69.9 Å². The molecule has 26 heavy (non-hydrogen) atoms. The van der Waals surface area contributed by atoms with E-state index < -0.39 is 0 Å². The van der Waals surface area contributed by atoms with Crippen molar-refractivity contribution in [2.24, 2.45) is 5.73 Å². The van der Waals surface area contributed by atoms with E-state index in [1.54, 1.807) is 17.7 Å². The fourth-order valence-electron chi connectivity index (χ4n) is 4.41. The first-order valence-electron chi connectivity index (χ1n) is 9.60. The van der Waals surface area contributed by atoms with Gasteiger partial charge in [0.25, 0.3) is 0 Å². The van der Waals surface area contributed by atoms with E-state index in [-0.39, 0.29) is 17.9 Å². The minimum absolute atomic E-state index is 0.175. The number of rotatable bonds is 6. The minimum atomic E-state index is -0.247. The standard InChI is InChI=1S/C19H26N4O2S/c1-2-21-12-4-6-13(7-5-12)25-18-17-16-11(9-15(20)24)3-8-14(16)26-19(17)23-10-22-18/h10-13,21H,2-9H2,1H3,(H2,20,24). The third-order valence-electron chi connectivity index (χ3n) is 5.59. The first-order chi connectivity index (χ1) is 12.7. The van der Waals surface area contributed by atoms with Crippen molar-refractivity contribution in [3.05, 3.63) is 16.8 Å². The van der Waals surface area contributed by atoms with Gasteiger partial charge in [-0.25, -0.2) is 9.97 Å². The van der Waals surface area contributed by atoms with Gasteiger partial charge < -0.3 is 15.8 Å². The van der Waals surface area contributed by atoms with Crippen LogP contribution in [0.3, 0.4) is 0 Å². The Morgan fingerprint density at radius 1 is 1.31 bits per heavy atom. The summed E-state index contributed by atoms with van der Waals surface area (Å²) in [7, 11) is 0. The van der Waals surface area contributed by atoms with Crippen molar-refractivity contribution in [1.82, 2.24) is 15.3 Å². The zero-order valence-electron chi connectivity index (χ0n) is 15.2. The van der Waals surface area contributed by atoms with Gasteiger partial charge in [-0.15, -0.1) is 11.3 Å². The molecule has 0 aromatic carbocycles. The molecule has 0 aliphatic heterocycles. The van der Waals surface area contributed by atoms with Crippen molar-refractivity contribution in [3.8, 4) is 5.88 Å². The average Bonchev–Trinajstić information content (AvgIpc) is 3.17. The third-order valence-corrected chi connectivity index (χ3v) is 6.76. The Morgan fingerprint density at radius 2 is 2.12 bits per heavy atom. The molecule has 0 saturated heterocycles. The van der Waals surface area contributed by atoms with Crippen LogP contribution in [0.4, 0.5) is 0 Å². The van der Waals surface area contributed by atoms with Gasteiger partial charge in [0.2, 0.25) is 11.8 Å². The largest absolute Gasteiger partial charge is 0.474 e. The minimum Gasteiger partial charge on any atom is -0.474 e. The van der Waals surface area contributed by atoms with Gasteiger partial charge in [0, 0.05) is 17.3 Å². The second-order valence-corrected chi connectivity index (χ2v) is 8.44. The van der Waals surface area contributed by atoms with Crippen LogP contribution < -0.4 is 15.8 Å². The summed E-state index contributed by atoms with van der Waals surface area (Å²) in [5.41, 5.74) is 6.67. The zero-order valence-corrected chi connectivity index (χ0v) is 16.0. The lowest BCUT2D eigenvalue weighted by molar-refractivity contribution is -0.118. The van der Waals surface area contributed by atoms with E-state index in [0.29, 0.717) is 18.3 Å². The number of hydrogen-bond acceptors (Lipinski definition) is 6. The number of nitrogens with zero attached hydrogens (tertiary/aromatic N) is 2. The molecule has 7 heteroatoms. The number of nitrogens with two attached hydrogens (primary N) is 1. The summed E-state index contributed by atoms with van der Waals surface area (Å²) in [5, 5.41) is 4.55. The molecule has 1 fully saturated rings. The number of aromatic nitrogens is 2. The molecule has 0 radical (unpaired) electrons. The maximum absolute atomic E-state index is 11.5. The van der Waals surface area contributed by atoms with E-state index in [2.05, 4.69) is 22.2 Å². The highest BCUT2D eigenvalue weighted by molar-refractivity contribution is 7.19. The SMILES string of the molecule is CCNC1CCC(Oc2ncnc3sc4c(c23)C(CC(N)=O)CC4)CC1. The molecule has 4 rings (SSSR count). The maximum Gasteiger partial charge on any atom is 0.225 e. The van der Waals surface area contributed by atoms with Gasteiger partial charge in [-0.2, -0.15) is 0 Å².